The number of hydrogen-bond donors (Lipinski definition) is 0. The number of halogens is 1. The molecule has 1 heterocycles. The Balaban J connectivity index is 2.96. The number of amides is 1. The maximum Gasteiger partial charge on any atom is 0.325 e. The Bertz CT molecular complexity index is 490. The van der Waals surface area contributed by atoms with Crippen molar-refractivity contribution in [2.75, 3.05) is 20.2 Å². The molecule has 0 aromatic carbocycles. The van der Waals surface area contributed by atoms with E-state index < -0.39 is 17.7 Å². The third-order valence-electron chi connectivity index (χ3n) is 3.47. The third kappa shape index (κ3) is 4.81. The Morgan fingerprint density at radius 2 is 2.05 bits per heavy atom. The minimum atomic E-state index is -0.693. The molecule has 1 aromatic rings. The minimum absolute atomic E-state index is 0.0835. The van der Waals surface area contributed by atoms with Gasteiger partial charge in [0.1, 0.15) is 6.54 Å². The monoisotopic (exact) mass is 296 g/mol. The van der Waals surface area contributed by atoms with Crippen molar-refractivity contribution in [2.24, 2.45) is 5.92 Å². The van der Waals surface area contributed by atoms with E-state index >= 15 is 0 Å². The van der Waals surface area contributed by atoms with Crippen LogP contribution in [-0.2, 0) is 9.53 Å². The first kappa shape index (κ1) is 17.1. The van der Waals surface area contributed by atoms with Gasteiger partial charge in [-0.2, -0.15) is 0 Å². The molecule has 0 saturated carbocycles. The molecule has 0 spiro atoms. The molecule has 0 aliphatic rings. The fourth-order valence-electron chi connectivity index (χ4n) is 2.02. The van der Waals surface area contributed by atoms with Crippen LogP contribution in [0.2, 0.25) is 0 Å². The van der Waals surface area contributed by atoms with Crippen LogP contribution >= 0.6 is 0 Å². The molecule has 0 aliphatic heterocycles. The van der Waals surface area contributed by atoms with Crippen LogP contribution < -0.4 is 0 Å². The zero-order chi connectivity index (χ0) is 15.8. The first-order valence-corrected chi connectivity index (χ1v) is 6.99. The van der Waals surface area contributed by atoms with Gasteiger partial charge in [0.2, 0.25) is 0 Å². The van der Waals surface area contributed by atoms with Crippen molar-refractivity contribution < 1.29 is 18.7 Å². The number of aromatic nitrogens is 1. The maximum atomic E-state index is 13.7. The van der Waals surface area contributed by atoms with Crippen LogP contribution in [0.25, 0.3) is 0 Å². The zero-order valence-electron chi connectivity index (χ0n) is 12.6. The van der Waals surface area contributed by atoms with E-state index in [1.807, 2.05) is 13.8 Å². The highest BCUT2D eigenvalue weighted by atomic mass is 19.1. The highest BCUT2D eigenvalue weighted by Crippen LogP contribution is 2.14. The highest BCUT2D eigenvalue weighted by Gasteiger charge is 2.23. The summed E-state index contributed by atoms with van der Waals surface area (Å²) < 4.78 is 18.3. The van der Waals surface area contributed by atoms with Crippen molar-refractivity contribution in [3.05, 3.63) is 29.8 Å². The van der Waals surface area contributed by atoms with Gasteiger partial charge in [-0.05, 0) is 12.0 Å². The standard InChI is InChI=1S/C15H21FN2O3/c1-4-11(5-2)9-18(10-14(19)21-3)15(20)12-6-7-17-8-13(12)16/h6-8,11H,4-5,9-10H2,1-3H3. The first-order chi connectivity index (χ1) is 10.0. The number of rotatable bonds is 7. The van der Waals surface area contributed by atoms with Gasteiger partial charge in [-0.25, -0.2) is 4.39 Å². The van der Waals surface area contributed by atoms with Crippen LogP contribution in [0.3, 0.4) is 0 Å². The molecule has 0 atom stereocenters. The fourth-order valence-corrected chi connectivity index (χ4v) is 2.02. The Hall–Kier alpha value is -1.98. The van der Waals surface area contributed by atoms with Gasteiger partial charge in [-0.15, -0.1) is 0 Å². The SMILES string of the molecule is CCC(CC)CN(CC(=O)OC)C(=O)c1ccncc1F. The summed E-state index contributed by atoms with van der Waals surface area (Å²) in [4.78, 5) is 28.9. The van der Waals surface area contributed by atoms with Crippen molar-refractivity contribution in [1.29, 1.82) is 0 Å². The number of nitrogens with zero attached hydrogens (tertiary/aromatic N) is 2. The largest absolute Gasteiger partial charge is 0.468 e. The smallest absolute Gasteiger partial charge is 0.325 e. The molecule has 0 radical (unpaired) electrons. The summed E-state index contributed by atoms with van der Waals surface area (Å²) in [6, 6.07) is 1.31. The second kappa shape index (κ2) is 8.34. The molecular formula is C15H21FN2O3. The highest BCUT2D eigenvalue weighted by molar-refractivity contribution is 5.96. The Kier molecular flexibility index (Phi) is 6.78. The average Bonchev–Trinajstić information content (AvgIpc) is 2.50. The summed E-state index contributed by atoms with van der Waals surface area (Å²) in [7, 11) is 1.26. The van der Waals surface area contributed by atoms with Crippen LogP contribution in [-0.4, -0.2) is 42.0 Å². The summed E-state index contributed by atoms with van der Waals surface area (Å²) in [5, 5.41) is 0. The van der Waals surface area contributed by atoms with Gasteiger partial charge in [-0.3, -0.25) is 14.6 Å². The molecule has 6 heteroatoms. The van der Waals surface area contributed by atoms with E-state index in [2.05, 4.69) is 9.72 Å². The molecule has 1 rings (SSSR count). The lowest BCUT2D eigenvalue weighted by Crippen LogP contribution is -2.39. The summed E-state index contributed by atoms with van der Waals surface area (Å²) in [5.74, 6) is -1.48. The zero-order valence-corrected chi connectivity index (χ0v) is 12.6. The van der Waals surface area contributed by atoms with Crippen LogP contribution in [0, 0.1) is 11.7 Å². The van der Waals surface area contributed by atoms with E-state index in [0.717, 1.165) is 19.0 Å². The molecule has 0 aliphatic carbocycles. The second-order valence-corrected chi connectivity index (χ2v) is 4.80. The molecule has 0 bridgehead atoms. The van der Waals surface area contributed by atoms with E-state index in [0.29, 0.717) is 6.54 Å². The molecule has 1 aromatic heterocycles. The average molecular weight is 296 g/mol. The lowest BCUT2D eigenvalue weighted by Gasteiger charge is -2.25. The lowest BCUT2D eigenvalue weighted by molar-refractivity contribution is -0.141. The predicted octanol–water partition coefficient (Wildman–Crippen LogP) is 2.27. The van der Waals surface area contributed by atoms with Crippen molar-refractivity contribution in [2.45, 2.75) is 26.7 Å². The van der Waals surface area contributed by atoms with Crippen molar-refractivity contribution in [3.8, 4) is 0 Å². The summed E-state index contributed by atoms with van der Waals surface area (Å²) in [6.07, 6.45) is 4.09. The van der Waals surface area contributed by atoms with Crippen LogP contribution in [0.15, 0.2) is 18.5 Å². The van der Waals surface area contributed by atoms with E-state index in [-0.39, 0.29) is 18.0 Å². The summed E-state index contributed by atoms with van der Waals surface area (Å²) in [5.41, 5.74) is -0.0835. The third-order valence-corrected chi connectivity index (χ3v) is 3.47. The van der Waals surface area contributed by atoms with Crippen molar-refractivity contribution >= 4 is 11.9 Å². The van der Waals surface area contributed by atoms with Gasteiger partial charge in [0.05, 0.1) is 18.9 Å². The molecule has 0 unspecified atom stereocenters. The topological polar surface area (TPSA) is 59.5 Å². The van der Waals surface area contributed by atoms with Gasteiger partial charge in [0, 0.05) is 12.7 Å². The number of esters is 1. The minimum Gasteiger partial charge on any atom is -0.468 e. The van der Waals surface area contributed by atoms with Gasteiger partial charge in [0.25, 0.3) is 5.91 Å². The first-order valence-electron chi connectivity index (χ1n) is 6.99. The van der Waals surface area contributed by atoms with Crippen molar-refractivity contribution in [3.63, 3.8) is 0 Å². The molecule has 0 N–H and O–H groups in total. The van der Waals surface area contributed by atoms with Crippen LogP contribution in [0.1, 0.15) is 37.0 Å². The van der Waals surface area contributed by atoms with Crippen LogP contribution in [0.5, 0.6) is 0 Å². The van der Waals surface area contributed by atoms with E-state index in [1.54, 1.807) is 0 Å². The molecule has 21 heavy (non-hydrogen) atoms. The molecule has 0 saturated heterocycles. The summed E-state index contributed by atoms with van der Waals surface area (Å²) in [6.45, 7) is 4.24. The van der Waals surface area contributed by atoms with Gasteiger partial charge in [-0.1, -0.05) is 26.7 Å². The van der Waals surface area contributed by atoms with E-state index in [9.17, 15) is 14.0 Å². The number of carbonyl (C=O) groups excluding carboxylic acids is 2. The van der Waals surface area contributed by atoms with Gasteiger partial charge < -0.3 is 9.64 Å². The number of methoxy groups -OCH3 is 1. The van der Waals surface area contributed by atoms with Crippen molar-refractivity contribution in [1.82, 2.24) is 9.88 Å². The Morgan fingerprint density at radius 3 is 2.57 bits per heavy atom. The van der Waals surface area contributed by atoms with Gasteiger partial charge >= 0.3 is 5.97 Å². The fraction of sp³-hybridized carbons (Fsp3) is 0.533. The number of carbonyl (C=O) groups is 2. The Morgan fingerprint density at radius 1 is 1.38 bits per heavy atom. The lowest BCUT2D eigenvalue weighted by atomic mass is 10.0. The molecule has 116 valence electrons. The van der Waals surface area contributed by atoms with E-state index in [4.69, 9.17) is 0 Å². The quantitative estimate of drug-likeness (QED) is 0.724. The normalized spacial score (nSPS) is 10.5. The molecule has 5 nitrogen and oxygen atoms in total. The summed E-state index contributed by atoms with van der Waals surface area (Å²) >= 11 is 0. The Labute approximate surface area is 124 Å². The molecular weight excluding hydrogens is 275 g/mol. The van der Waals surface area contributed by atoms with Crippen LogP contribution in [0.4, 0.5) is 4.39 Å². The number of ether oxygens (including phenoxy) is 1. The second-order valence-electron chi connectivity index (χ2n) is 4.80. The van der Waals surface area contributed by atoms with E-state index in [1.165, 1.54) is 24.3 Å². The number of pyridine rings is 1. The maximum absolute atomic E-state index is 13.7. The molecule has 1 amide bonds. The molecule has 0 fully saturated rings. The predicted molar refractivity (Wildman–Crippen MR) is 76.2 cm³/mol. The van der Waals surface area contributed by atoms with Gasteiger partial charge in [0.15, 0.2) is 5.82 Å². The number of hydrogen-bond acceptors (Lipinski definition) is 4.